The highest BCUT2D eigenvalue weighted by molar-refractivity contribution is 7.15. The normalized spacial score (nSPS) is 12.4. The van der Waals surface area contributed by atoms with Crippen LogP contribution in [0.3, 0.4) is 0 Å². The van der Waals surface area contributed by atoms with Crippen molar-refractivity contribution in [2.75, 3.05) is 19.5 Å². The van der Waals surface area contributed by atoms with Gasteiger partial charge in [0.25, 0.3) is 0 Å². The topological polar surface area (TPSA) is 93.6 Å². The van der Waals surface area contributed by atoms with Crippen molar-refractivity contribution in [3.63, 3.8) is 0 Å². The Hall–Kier alpha value is -3.65. The molecule has 0 saturated carbocycles. The molecule has 0 spiro atoms. The van der Waals surface area contributed by atoms with Crippen molar-refractivity contribution >= 4 is 34.0 Å². The SMILES string of the molecule is COc1cc2nc(C)nc(NC(C)c3ccc(-c4ccccc4C(C)(C)C(=O)O)s3)c2cc1OC. The summed E-state index contributed by atoms with van der Waals surface area (Å²) in [6.07, 6.45) is 0. The third-order valence-corrected chi connectivity index (χ3v) is 7.42. The van der Waals surface area contributed by atoms with Gasteiger partial charge in [0.15, 0.2) is 11.5 Å². The van der Waals surface area contributed by atoms with Crippen LogP contribution in [0.5, 0.6) is 11.5 Å². The minimum Gasteiger partial charge on any atom is -0.493 e. The van der Waals surface area contributed by atoms with Crippen LogP contribution in [0.4, 0.5) is 5.82 Å². The molecule has 1 atom stereocenters. The van der Waals surface area contributed by atoms with Crippen LogP contribution in [-0.4, -0.2) is 35.3 Å². The van der Waals surface area contributed by atoms with Crippen LogP contribution in [0.2, 0.25) is 0 Å². The molecule has 2 aromatic carbocycles. The summed E-state index contributed by atoms with van der Waals surface area (Å²) in [5.41, 5.74) is 1.49. The van der Waals surface area contributed by atoms with Gasteiger partial charge in [-0.05, 0) is 57.0 Å². The van der Waals surface area contributed by atoms with E-state index in [4.69, 9.17) is 9.47 Å². The number of aliphatic carboxylic acids is 1. The molecule has 0 bridgehead atoms. The van der Waals surface area contributed by atoms with E-state index in [2.05, 4.69) is 28.3 Å². The average molecular weight is 492 g/mol. The van der Waals surface area contributed by atoms with Crippen molar-refractivity contribution in [1.29, 1.82) is 0 Å². The first-order valence-electron chi connectivity index (χ1n) is 11.3. The van der Waals surface area contributed by atoms with Gasteiger partial charge in [0.05, 0.1) is 31.2 Å². The van der Waals surface area contributed by atoms with Crippen LogP contribution in [0.25, 0.3) is 21.3 Å². The molecule has 4 aromatic rings. The Morgan fingerprint density at radius 2 is 1.74 bits per heavy atom. The van der Waals surface area contributed by atoms with Gasteiger partial charge in [-0.15, -0.1) is 11.3 Å². The molecule has 0 amide bonds. The summed E-state index contributed by atoms with van der Waals surface area (Å²) in [7, 11) is 3.20. The molecule has 4 rings (SSSR count). The van der Waals surface area contributed by atoms with Gasteiger partial charge in [-0.2, -0.15) is 0 Å². The molecule has 0 aliphatic carbocycles. The third kappa shape index (κ3) is 4.66. The molecule has 2 aromatic heterocycles. The predicted molar refractivity (Wildman–Crippen MR) is 140 cm³/mol. The number of anilines is 1. The Kier molecular flexibility index (Phi) is 6.67. The van der Waals surface area contributed by atoms with Crippen LogP contribution in [-0.2, 0) is 10.2 Å². The Bertz CT molecular complexity index is 1400. The Morgan fingerprint density at radius 1 is 1.06 bits per heavy atom. The molecule has 2 heterocycles. The van der Waals surface area contributed by atoms with Gasteiger partial charge in [0.1, 0.15) is 11.6 Å². The quantitative estimate of drug-likeness (QED) is 0.302. The Labute approximate surface area is 208 Å². The number of hydrogen-bond donors (Lipinski definition) is 2. The maximum atomic E-state index is 11.9. The number of rotatable bonds is 8. The number of aryl methyl sites for hydroxylation is 1. The molecule has 0 saturated heterocycles. The number of hydrogen-bond acceptors (Lipinski definition) is 7. The zero-order valence-corrected chi connectivity index (χ0v) is 21.5. The predicted octanol–water partition coefficient (Wildman–Crippen LogP) is 6.22. The summed E-state index contributed by atoms with van der Waals surface area (Å²) < 4.78 is 10.9. The van der Waals surface area contributed by atoms with Crippen LogP contribution in [0.15, 0.2) is 48.5 Å². The Morgan fingerprint density at radius 3 is 2.43 bits per heavy atom. The number of ether oxygens (including phenoxy) is 2. The van der Waals surface area contributed by atoms with Gasteiger partial charge in [0, 0.05) is 21.2 Å². The summed E-state index contributed by atoms with van der Waals surface area (Å²) in [6, 6.07) is 15.5. The smallest absolute Gasteiger partial charge is 0.313 e. The van der Waals surface area contributed by atoms with E-state index in [1.165, 1.54) is 0 Å². The van der Waals surface area contributed by atoms with E-state index in [1.807, 2.05) is 49.4 Å². The van der Waals surface area contributed by atoms with E-state index >= 15 is 0 Å². The fourth-order valence-corrected chi connectivity index (χ4v) is 5.10. The van der Waals surface area contributed by atoms with Crippen LogP contribution in [0.1, 0.15) is 43.1 Å². The van der Waals surface area contributed by atoms with Crippen LogP contribution >= 0.6 is 11.3 Å². The number of nitrogens with one attached hydrogen (secondary N) is 1. The zero-order valence-electron chi connectivity index (χ0n) is 20.7. The van der Waals surface area contributed by atoms with Crippen LogP contribution in [0, 0.1) is 6.92 Å². The number of nitrogens with zero attached hydrogens (tertiary/aromatic N) is 2. The minimum absolute atomic E-state index is 0.0426. The third-order valence-electron chi connectivity index (χ3n) is 6.12. The summed E-state index contributed by atoms with van der Waals surface area (Å²) in [5.74, 6) is 1.73. The van der Waals surface area contributed by atoms with Gasteiger partial charge < -0.3 is 19.9 Å². The lowest BCUT2D eigenvalue weighted by Gasteiger charge is -2.22. The molecule has 0 aliphatic heterocycles. The molecule has 0 aliphatic rings. The first-order valence-corrected chi connectivity index (χ1v) is 12.1. The molecular weight excluding hydrogens is 462 g/mol. The van der Waals surface area contributed by atoms with E-state index in [1.54, 1.807) is 39.4 Å². The highest BCUT2D eigenvalue weighted by atomic mass is 32.1. The van der Waals surface area contributed by atoms with Gasteiger partial charge >= 0.3 is 5.97 Å². The number of carboxylic acid groups (broad SMARTS) is 1. The maximum absolute atomic E-state index is 11.9. The van der Waals surface area contributed by atoms with Gasteiger partial charge in [-0.1, -0.05) is 24.3 Å². The van der Waals surface area contributed by atoms with E-state index in [-0.39, 0.29) is 6.04 Å². The zero-order chi connectivity index (χ0) is 25.3. The first kappa shape index (κ1) is 24.5. The lowest BCUT2D eigenvalue weighted by molar-refractivity contribution is -0.142. The van der Waals surface area contributed by atoms with Crippen molar-refractivity contribution in [3.05, 3.63) is 64.8 Å². The fraction of sp³-hybridized carbons (Fsp3) is 0.296. The lowest BCUT2D eigenvalue weighted by atomic mass is 9.81. The second-order valence-corrected chi connectivity index (χ2v) is 10.0. The number of carbonyl (C=O) groups is 1. The monoisotopic (exact) mass is 491 g/mol. The Balaban J connectivity index is 1.69. The molecule has 1 unspecified atom stereocenters. The highest BCUT2D eigenvalue weighted by Gasteiger charge is 2.32. The maximum Gasteiger partial charge on any atom is 0.313 e. The number of aromatic nitrogens is 2. The van der Waals surface area contributed by atoms with Gasteiger partial charge in [0.2, 0.25) is 0 Å². The minimum atomic E-state index is -0.998. The summed E-state index contributed by atoms with van der Waals surface area (Å²) in [5, 5.41) is 14.1. The number of thiophene rings is 1. The highest BCUT2D eigenvalue weighted by Crippen LogP contribution is 2.40. The molecule has 8 heteroatoms. The molecular formula is C27H29N3O4S. The fourth-order valence-electron chi connectivity index (χ4n) is 4.05. The van der Waals surface area contributed by atoms with Crippen LogP contribution < -0.4 is 14.8 Å². The second kappa shape index (κ2) is 9.54. The van der Waals surface area contributed by atoms with Crippen molar-refractivity contribution in [2.24, 2.45) is 0 Å². The lowest BCUT2D eigenvalue weighted by Crippen LogP contribution is -2.29. The standard InChI is InChI=1S/C27H29N3O4S/c1-15(28-25-18-13-21(33-5)22(34-6)14-20(18)29-16(2)30-25)23-11-12-24(35-23)17-9-7-8-10-19(17)27(3,4)26(31)32/h7-15H,1-6H3,(H,31,32)(H,28,29,30). The van der Waals surface area contributed by atoms with Crippen molar-refractivity contribution in [3.8, 4) is 21.9 Å². The van der Waals surface area contributed by atoms with Crippen molar-refractivity contribution in [1.82, 2.24) is 9.97 Å². The average Bonchev–Trinajstić information content (AvgIpc) is 3.33. The molecule has 182 valence electrons. The molecule has 0 fully saturated rings. The van der Waals surface area contributed by atoms with E-state index in [9.17, 15) is 9.90 Å². The summed E-state index contributed by atoms with van der Waals surface area (Å²) in [6.45, 7) is 7.40. The second-order valence-electron chi connectivity index (χ2n) is 8.89. The number of benzene rings is 2. The molecule has 35 heavy (non-hydrogen) atoms. The van der Waals surface area contributed by atoms with Gasteiger partial charge in [-0.3, -0.25) is 4.79 Å². The number of carboxylic acids is 1. The van der Waals surface area contributed by atoms with E-state index in [0.717, 1.165) is 31.8 Å². The van der Waals surface area contributed by atoms with Crippen molar-refractivity contribution in [2.45, 2.75) is 39.2 Å². The summed E-state index contributed by atoms with van der Waals surface area (Å²) >= 11 is 1.64. The van der Waals surface area contributed by atoms with Gasteiger partial charge in [-0.25, -0.2) is 9.97 Å². The molecule has 0 radical (unpaired) electrons. The van der Waals surface area contributed by atoms with Crippen molar-refractivity contribution < 1.29 is 19.4 Å². The summed E-state index contributed by atoms with van der Waals surface area (Å²) in [4.78, 5) is 23.2. The first-order chi connectivity index (χ1) is 16.6. The van der Waals surface area contributed by atoms with E-state index < -0.39 is 11.4 Å². The molecule has 7 nitrogen and oxygen atoms in total. The largest absolute Gasteiger partial charge is 0.493 e. The van der Waals surface area contributed by atoms with E-state index in [0.29, 0.717) is 23.1 Å². The molecule has 2 N–H and O–H groups in total. The number of methoxy groups -OCH3 is 2. The number of fused-ring (bicyclic) bond motifs is 1.